The molecule has 0 atom stereocenters. The van der Waals surface area contributed by atoms with Crippen molar-refractivity contribution < 1.29 is 0 Å². The standard InChI is InChI=1S/C5H9Si.2ClH.In/c1-5-6(2,3)4;;;/h2-4H3;2*1H;/q;;;+2/p-2. The van der Waals surface area contributed by atoms with Crippen LogP contribution in [0.5, 0.6) is 0 Å². The molecule has 0 aliphatic rings. The van der Waals surface area contributed by atoms with Crippen molar-refractivity contribution in [1.29, 1.82) is 0 Å². The third-order valence-corrected chi connectivity index (χ3v) is 4.77. The molecule has 9 heavy (non-hydrogen) atoms. The number of halogens is 2. The average Bonchev–Trinajstić information content (AvgIpc) is 1.59. The number of hydrogen-bond acceptors (Lipinski definition) is 0. The first kappa shape index (κ1) is 10.2. The Hall–Kier alpha value is 1.23. The SMILES string of the molecule is C[Si](C)(C)C#[C][In]([Cl])[Cl]. The fourth-order valence-corrected chi connectivity index (χ4v) is 7.65. The van der Waals surface area contributed by atoms with Crippen LogP contribution in [-0.4, -0.2) is 27.1 Å². The van der Waals surface area contributed by atoms with Crippen molar-refractivity contribution >= 4 is 44.3 Å². The molecule has 0 fully saturated rings. The Morgan fingerprint density at radius 3 is 1.78 bits per heavy atom. The van der Waals surface area contributed by atoms with Gasteiger partial charge in [0.05, 0.1) is 0 Å². The third-order valence-electron chi connectivity index (χ3n) is 0.556. The molecule has 0 aliphatic heterocycles. The summed E-state index contributed by atoms with van der Waals surface area (Å²) in [6.07, 6.45) is 0. The summed E-state index contributed by atoms with van der Waals surface area (Å²) in [5, 5.41) is 0. The van der Waals surface area contributed by atoms with Gasteiger partial charge in [0.1, 0.15) is 0 Å². The minimum absolute atomic E-state index is 1.20. The molecule has 0 rings (SSSR count). The second kappa shape index (κ2) is 4.18. The van der Waals surface area contributed by atoms with Crippen LogP contribution in [0.3, 0.4) is 0 Å². The summed E-state index contributed by atoms with van der Waals surface area (Å²) in [4.78, 5) is 0. The fourth-order valence-electron chi connectivity index (χ4n) is 0.271. The first-order valence-electron chi connectivity index (χ1n) is 2.73. The quantitative estimate of drug-likeness (QED) is 0.473. The summed E-state index contributed by atoms with van der Waals surface area (Å²) < 4.78 is 2.94. The topological polar surface area (TPSA) is 0 Å². The predicted octanol–water partition coefficient (Wildman–Crippen LogP) is 2.37. The van der Waals surface area contributed by atoms with E-state index in [4.69, 9.17) is 17.2 Å². The minimum atomic E-state index is -2.23. The van der Waals surface area contributed by atoms with Crippen molar-refractivity contribution in [3.05, 3.63) is 0 Å². The normalized spacial score (nSPS) is 9.89. The first-order chi connectivity index (χ1) is 3.92. The van der Waals surface area contributed by atoms with Crippen LogP contribution in [0.4, 0.5) is 0 Å². The fraction of sp³-hybridized carbons (Fsp3) is 0.600. The average molecular weight is 283 g/mol. The van der Waals surface area contributed by atoms with Gasteiger partial charge in [-0.2, -0.15) is 0 Å². The van der Waals surface area contributed by atoms with Gasteiger partial charge in [0, 0.05) is 0 Å². The maximum absolute atomic E-state index is 5.61. The van der Waals surface area contributed by atoms with Crippen LogP contribution >= 0.6 is 17.2 Å². The van der Waals surface area contributed by atoms with Crippen molar-refractivity contribution in [2.24, 2.45) is 0 Å². The van der Waals surface area contributed by atoms with Crippen LogP contribution in [0.2, 0.25) is 19.6 Å². The molecule has 0 aliphatic carbocycles. The van der Waals surface area contributed by atoms with Crippen LogP contribution in [0.15, 0.2) is 0 Å². The van der Waals surface area contributed by atoms with Crippen molar-refractivity contribution in [3.63, 3.8) is 0 Å². The molecule has 0 nitrogen and oxygen atoms in total. The molecular weight excluding hydrogens is 274 g/mol. The van der Waals surface area contributed by atoms with E-state index in [1.165, 1.54) is 0 Å². The van der Waals surface area contributed by atoms with Crippen LogP contribution in [0.1, 0.15) is 0 Å². The molecule has 0 spiro atoms. The molecule has 0 heterocycles. The van der Waals surface area contributed by atoms with Crippen molar-refractivity contribution in [2.45, 2.75) is 19.6 Å². The van der Waals surface area contributed by atoms with Crippen LogP contribution < -0.4 is 0 Å². The molecule has 0 radical (unpaired) electrons. The zero-order valence-electron chi connectivity index (χ0n) is 5.83. The number of hydrogen-bond donors (Lipinski definition) is 0. The summed E-state index contributed by atoms with van der Waals surface area (Å²) in [6.45, 7) is 6.55. The molecule has 0 N–H and O–H groups in total. The zero-order chi connectivity index (χ0) is 7.49. The Morgan fingerprint density at radius 2 is 1.67 bits per heavy atom. The van der Waals surface area contributed by atoms with Crippen molar-refractivity contribution in [2.75, 3.05) is 0 Å². The van der Waals surface area contributed by atoms with Gasteiger partial charge in [-0.3, -0.25) is 0 Å². The maximum atomic E-state index is 5.61. The molecule has 0 amide bonds. The van der Waals surface area contributed by atoms with Gasteiger partial charge in [-0.1, -0.05) is 0 Å². The van der Waals surface area contributed by atoms with Gasteiger partial charge in [-0.25, -0.2) is 0 Å². The molecule has 0 saturated heterocycles. The van der Waals surface area contributed by atoms with Gasteiger partial charge < -0.3 is 0 Å². The van der Waals surface area contributed by atoms with Gasteiger partial charge >= 0.3 is 73.2 Å². The molecular formula is C5H9Cl2InSi. The Kier molecular flexibility index (Phi) is 4.75. The Bertz CT molecular complexity index is 139. The van der Waals surface area contributed by atoms with Crippen LogP contribution in [0, 0.1) is 9.22 Å². The van der Waals surface area contributed by atoms with E-state index >= 15 is 0 Å². The van der Waals surface area contributed by atoms with E-state index in [0.717, 1.165) is 0 Å². The van der Waals surface area contributed by atoms with Gasteiger partial charge in [0.15, 0.2) is 0 Å². The van der Waals surface area contributed by atoms with Crippen molar-refractivity contribution in [3.8, 4) is 9.22 Å². The van der Waals surface area contributed by atoms with Gasteiger partial charge in [0.25, 0.3) is 0 Å². The van der Waals surface area contributed by atoms with E-state index in [1.807, 2.05) is 0 Å². The van der Waals surface area contributed by atoms with Gasteiger partial charge in [-0.05, 0) is 0 Å². The second-order valence-corrected chi connectivity index (χ2v) is 17.5. The third kappa shape index (κ3) is 9.23. The van der Waals surface area contributed by atoms with E-state index in [1.54, 1.807) is 0 Å². The van der Waals surface area contributed by atoms with Crippen LogP contribution in [0.25, 0.3) is 0 Å². The molecule has 0 bridgehead atoms. The monoisotopic (exact) mass is 282 g/mol. The zero-order valence-corrected chi connectivity index (χ0v) is 11.6. The predicted molar refractivity (Wildman–Crippen MR) is 48.6 cm³/mol. The summed E-state index contributed by atoms with van der Waals surface area (Å²) in [5.74, 6) is 0. The molecule has 0 unspecified atom stereocenters. The molecule has 4 heteroatoms. The Labute approximate surface area is 72.6 Å². The van der Waals surface area contributed by atoms with E-state index in [9.17, 15) is 0 Å². The summed E-state index contributed by atoms with van der Waals surface area (Å²) in [7, 11) is 10.0. The van der Waals surface area contributed by atoms with E-state index in [2.05, 4.69) is 28.9 Å². The van der Waals surface area contributed by atoms with Crippen LogP contribution in [-0.2, 0) is 0 Å². The van der Waals surface area contributed by atoms with Gasteiger partial charge in [0.2, 0.25) is 0 Å². The summed E-state index contributed by atoms with van der Waals surface area (Å²) in [6, 6.07) is 0. The molecule has 0 aromatic heterocycles. The second-order valence-electron chi connectivity index (χ2n) is 2.82. The van der Waals surface area contributed by atoms with E-state index in [0.29, 0.717) is 0 Å². The van der Waals surface area contributed by atoms with E-state index < -0.39 is 27.1 Å². The molecule has 0 aromatic carbocycles. The summed E-state index contributed by atoms with van der Waals surface area (Å²) in [5.41, 5.74) is 3.14. The number of rotatable bonds is 0. The van der Waals surface area contributed by atoms with E-state index in [-0.39, 0.29) is 0 Å². The molecule has 50 valence electrons. The first-order valence-corrected chi connectivity index (χ1v) is 16.2. The Balaban J connectivity index is 3.88. The molecule has 0 saturated carbocycles. The molecule has 0 aromatic rings. The van der Waals surface area contributed by atoms with Crippen molar-refractivity contribution in [1.82, 2.24) is 0 Å². The Morgan fingerprint density at radius 1 is 1.22 bits per heavy atom. The summed E-state index contributed by atoms with van der Waals surface area (Å²) >= 11 is -2.23. The van der Waals surface area contributed by atoms with Gasteiger partial charge in [-0.15, -0.1) is 0 Å².